The molecule has 1 aliphatic carbocycles. The van der Waals surface area contributed by atoms with Crippen molar-refractivity contribution in [1.82, 2.24) is 9.88 Å². The number of rotatable bonds is 2. The molecule has 2 saturated heterocycles. The molecule has 150 valence electrons. The van der Waals surface area contributed by atoms with E-state index in [0.29, 0.717) is 23.1 Å². The van der Waals surface area contributed by atoms with E-state index in [1.54, 1.807) is 6.07 Å². The van der Waals surface area contributed by atoms with Crippen molar-refractivity contribution < 1.29 is 21.6 Å². The number of pyridine rings is 1. The summed E-state index contributed by atoms with van der Waals surface area (Å²) < 4.78 is 62.2. The maximum absolute atomic E-state index is 13.0. The summed E-state index contributed by atoms with van der Waals surface area (Å²) in [4.78, 5) is 5.80. The summed E-state index contributed by atoms with van der Waals surface area (Å²) in [5.74, 6) is 0.621. The molecule has 0 bridgehead atoms. The van der Waals surface area contributed by atoms with Gasteiger partial charge in [-0.15, -0.1) is 0 Å². The molecular weight excluding hydrogens is 401 g/mol. The first-order valence-corrected chi connectivity index (χ1v) is 11.4. The number of likely N-dealkylation sites (tertiary alicyclic amines) is 1. The van der Waals surface area contributed by atoms with Gasteiger partial charge in [0, 0.05) is 24.2 Å². The van der Waals surface area contributed by atoms with Gasteiger partial charge in [0.25, 0.3) is 0 Å². The second kappa shape index (κ2) is 6.59. The zero-order chi connectivity index (χ0) is 19.4. The van der Waals surface area contributed by atoms with Crippen LogP contribution in [-0.2, 0) is 16.0 Å². The fourth-order valence-electron chi connectivity index (χ4n) is 5.13. The maximum Gasteiger partial charge on any atom is 0.434 e. The fraction of sp³-hybridized carbons (Fsp3) is 0.722. The first-order valence-electron chi connectivity index (χ1n) is 9.25. The van der Waals surface area contributed by atoms with E-state index in [1.807, 2.05) is 0 Å². The average Bonchev–Trinajstić information content (AvgIpc) is 2.97. The lowest BCUT2D eigenvalue weighted by molar-refractivity contribution is -0.141. The number of aromatic nitrogens is 1. The predicted molar refractivity (Wildman–Crippen MR) is 96.5 cm³/mol. The highest BCUT2D eigenvalue weighted by molar-refractivity contribution is 7.92. The molecule has 3 aliphatic rings. The molecule has 1 saturated carbocycles. The Bertz CT molecular complexity index is 823. The minimum Gasteiger partial charge on any atom is -0.300 e. The van der Waals surface area contributed by atoms with Crippen molar-refractivity contribution in [3.05, 3.63) is 28.5 Å². The molecule has 27 heavy (non-hydrogen) atoms. The van der Waals surface area contributed by atoms with Gasteiger partial charge >= 0.3 is 6.18 Å². The van der Waals surface area contributed by atoms with Crippen LogP contribution in [0.3, 0.4) is 0 Å². The second-order valence-corrected chi connectivity index (χ2v) is 10.8. The van der Waals surface area contributed by atoms with Crippen LogP contribution >= 0.6 is 11.6 Å². The molecule has 4 nitrogen and oxygen atoms in total. The van der Waals surface area contributed by atoms with Crippen molar-refractivity contribution in [3.63, 3.8) is 0 Å². The van der Waals surface area contributed by atoms with Crippen LogP contribution in [0, 0.1) is 5.41 Å². The van der Waals surface area contributed by atoms with E-state index in [9.17, 15) is 21.6 Å². The lowest BCUT2D eigenvalue weighted by Gasteiger charge is -2.40. The third-order valence-electron chi connectivity index (χ3n) is 6.36. The predicted octanol–water partition coefficient (Wildman–Crippen LogP) is 3.90. The Morgan fingerprint density at radius 1 is 1.19 bits per heavy atom. The highest BCUT2D eigenvalue weighted by Gasteiger charge is 2.53. The van der Waals surface area contributed by atoms with E-state index in [-0.39, 0.29) is 16.4 Å². The van der Waals surface area contributed by atoms with Crippen molar-refractivity contribution in [3.8, 4) is 0 Å². The van der Waals surface area contributed by atoms with Gasteiger partial charge in [-0.3, -0.25) is 9.88 Å². The van der Waals surface area contributed by atoms with Crippen molar-refractivity contribution in [1.29, 1.82) is 0 Å². The normalized spacial score (nSPS) is 30.4. The molecule has 0 atom stereocenters. The van der Waals surface area contributed by atoms with E-state index >= 15 is 0 Å². The summed E-state index contributed by atoms with van der Waals surface area (Å²) >= 11 is 6.03. The van der Waals surface area contributed by atoms with Crippen LogP contribution in [0.4, 0.5) is 13.2 Å². The smallest absolute Gasteiger partial charge is 0.300 e. The second-order valence-electron chi connectivity index (χ2n) is 8.32. The minimum atomic E-state index is -4.54. The fourth-order valence-corrected chi connectivity index (χ4v) is 7.76. The molecule has 0 unspecified atom stereocenters. The Kier molecular flexibility index (Phi) is 4.75. The lowest BCUT2D eigenvalue weighted by Crippen LogP contribution is -2.51. The third kappa shape index (κ3) is 3.72. The Morgan fingerprint density at radius 2 is 1.85 bits per heavy atom. The van der Waals surface area contributed by atoms with Gasteiger partial charge in [-0.25, -0.2) is 8.42 Å². The van der Waals surface area contributed by atoms with Gasteiger partial charge in [-0.1, -0.05) is 11.6 Å². The highest BCUT2D eigenvalue weighted by atomic mass is 35.5. The monoisotopic (exact) mass is 422 g/mol. The van der Waals surface area contributed by atoms with Crippen molar-refractivity contribution >= 4 is 21.4 Å². The van der Waals surface area contributed by atoms with Gasteiger partial charge in [0.15, 0.2) is 15.5 Å². The molecule has 0 radical (unpaired) electrons. The van der Waals surface area contributed by atoms with Crippen LogP contribution in [0.1, 0.15) is 49.3 Å². The Labute approximate surface area is 162 Å². The summed E-state index contributed by atoms with van der Waals surface area (Å²) in [5, 5.41) is -0.270. The molecule has 3 fully saturated rings. The van der Waals surface area contributed by atoms with Gasteiger partial charge in [0.05, 0.1) is 16.5 Å². The first kappa shape index (κ1) is 19.5. The third-order valence-corrected chi connectivity index (χ3v) is 8.86. The molecule has 1 aromatic heterocycles. The quantitative estimate of drug-likeness (QED) is 0.725. The zero-order valence-electron chi connectivity index (χ0n) is 14.8. The van der Waals surface area contributed by atoms with Crippen LogP contribution < -0.4 is 0 Å². The van der Waals surface area contributed by atoms with Gasteiger partial charge in [0.1, 0.15) is 0 Å². The van der Waals surface area contributed by atoms with E-state index in [1.165, 1.54) is 6.20 Å². The van der Waals surface area contributed by atoms with E-state index in [2.05, 4.69) is 9.88 Å². The SMILES string of the molecule is O=S1(=O)CC2(CCN([C@H]3CC[C@H](c4ccnc(C(F)(F)F)c4Cl)CC3)C2)C1. The van der Waals surface area contributed by atoms with Gasteiger partial charge < -0.3 is 0 Å². The molecule has 4 rings (SSSR count). The Balaban J connectivity index is 1.39. The maximum atomic E-state index is 13.0. The summed E-state index contributed by atoms with van der Waals surface area (Å²) in [7, 11) is -2.83. The van der Waals surface area contributed by atoms with Gasteiger partial charge in [0.2, 0.25) is 0 Å². The van der Waals surface area contributed by atoms with Crippen LogP contribution in [0.25, 0.3) is 0 Å². The molecule has 0 amide bonds. The molecule has 9 heteroatoms. The first-order chi connectivity index (χ1) is 12.6. The topological polar surface area (TPSA) is 50.3 Å². The minimum absolute atomic E-state index is 0.0125. The van der Waals surface area contributed by atoms with Crippen LogP contribution in [-0.4, -0.2) is 48.9 Å². The summed E-state index contributed by atoms with van der Waals surface area (Å²) in [6.45, 7) is 1.74. The van der Waals surface area contributed by atoms with Crippen molar-refractivity contribution in [2.45, 2.75) is 50.2 Å². The summed E-state index contributed by atoms with van der Waals surface area (Å²) in [5.41, 5.74) is -0.511. The lowest BCUT2D eigenvalue weighted by atomic mass is 9.81. The molecule has 0 N–H and O–H groups in total. The summed E-state index contributed by atoms with van der Waals surface area (Å²) in [6.07, 6.45) is 0.938. The average molecular weight is 423 g/mol. The Morgan fingerprint density at radius 3 is 2.44 bits per heavy atom. The van der Waals surface area contributed by atoms with E-state index < -0.39 is 21.7 Å². The summed E-state index contributed by atoms with van der Waals surface area (Å²) in [6, 6.07) is 1.98. The standard InChI is InChI=1S/C18H22ClF3N2O2S/c19-15-14(5-7-23-16(15)18(20,21)22)12-1-3-13(4-2-12)24-8-6-17(9-24)10-27(25,26)11-17/h5,7,12-13H,1-4,6,8-11H2/t12-,13-. The largest absolute Gasteiger partial charge is 0.434 e. The van der Waals surface area contributed by atoms with Gasteiger partial charge in [-0.2, -0.15) is 13.2 Å². The van der Waals surface area contributed by atoms with Gasteiger partial charge in [-0.05, 0) is 56.2 Å². The number of nitrogens with zero attached hydrogens (tertiary/aromatic N) is 2. The number of alkyl halides is 3. The van der Waals surface area contributed by atoms with Crippen LogP contribution in [0.5, 0.6) is 0 Å². The molecule has 2 aliphatic heterocycles. The molecule has 3 heterocycles. The van der Waals surface area contributed by atoms with E-state index in [4.69, 9.17) is 11.6 Å². The van der Waals surface area contributed by atoms with Crippen LogP contribution in [0.2, 0.25) is 5.02 Å². The van der Waals surface area contributed by atoms with Crippen LogP contribution in [0.15, 0.2) is 12.3 Å². The number of sulfone groups is 1. The zero-order valence-corrected chi connectivity index (χ0v) is 16.4. The molecule has 0 aromatic carbocycles. The molecule has 1 aromatic rings. The number of hydrogen-bond donors (Lipinski definition) is 0. The van der Waals surface area contributed by atoms with E-state index in [0.717, 1.165) is 45.2 Å². The Hall–Kier alpha value is -0.860. The highest BCUT2D eigenvalue weighted by Crippen LogP contribution is 2.45. The van der Waals surface area contributed by atoms with Crippen molar-refractivity contribution in [2.24, 2.45) is 5.41 Å². The number of hydrogen-bond acceptors (Lipinski definition) is 4. The number of halogens is 4. The van der Waals surface area contributed by atoms with Crippen molar-refractivity contribution in [2.75, 3.05) is 24.6 Å². The molecule has 1 spiro atoms. The molecular formula is C18H22ClF3N2O2S.